The first-order valence-electron chi connectivity index (χ1n) is 29.0. The molecular weight excluding hydrogens is 1000 g/mol. The molecule has 2 fully saturated rings. The molecule has 8 N–H and O–H groups in total. The molecule has 0 bridgehead atoms. The van der Waals surface area contributed by atoms with Gasteiger partial charge in [-0.3, -0.25) is 14.2 Å². The Hall–Kier alpha value is -1.43. The van der Waals surface area contributed by atoms with Gasteiger partial charge in [0.05, 0.1) is 33.0 Å². The van der Waals surface area contributed by atoms with Gasteiger partial charge in [-0.25, -0.2) is 0 Å². The van der Waals surface area contributed by atoms with Gasteiger partial charge >= 0.3 is 11.9 Å². The summed E-state index contributed by atoms with van der Waals surface area (Å²) in [6.45, 7) is -0.0727. The first-order chi connectivity index (χ1) is 36.2. The number of aliphatic hydroxyl groups is 8. The number of carbonyl (C=O) groups is 2. The van der Waals surface area contributed by atoms with E-state index in [1.165, 1.54) is 128 Å². The lowest BCUT2D eigenvalue weighted by molar-refractivity contribution is -0.316. The molecule has 12 atom stereocenters. The minimum Gasteiger partial charge on any atom is -0.756 e. The van der Waals surface area contributed by atoms with Gasteiger partial charge in [-0.05, 0) is 12.8 Å². The fourth-order valence-electron chi connectivity index (χ4n) is 9.21. The van der Waals surface area contributed by atoms with Gasteiger partial charge in [0.25, 0.3) is 7.82 Å². The standard InChI is InChI=1S/C54H103O20P/c1-3-5-7-9-11-13-15-17-19-21-23-25-27-29-31-33-45(57)67-37-41(71-46(58)34-32-30-28-26-24-22-20-18-16-14-12-10-8-6-4-2)40-70-75(65,66)74-42(38-68-53-51(63)49(61)47(59)43(35-55)72-53)39-69-54-52(64)50(62)48(60)44(36-56)73-54/h41-44,47-56,59-64H,3-40H2,1-2H3,(H,65,66)/p-1. The van der Waals surface area contributed by atoms with Crippen LogP contribution in [0, 0.1) is 0 Å². The van der Waals surface area contributed by atoms with Crippen molar-refractivity contribution in [2.45, 2.75) is 293 Å². The van der Waals surface area contributed by atoms with Crippen LogP contribution in [-0.4, -0.2) is 166 Å². The van der Waals surface area contributed by atoms with Crippen molar-refractivity contribution in [2.75, 3.05) is 39.6 Å². The number of ether oxygens (including phenoxy) is 6. The summed E-state index contributed by atoms with van der Waals surface area (Å²) in [5, 5.41) is 81.1. The zero-order valence-corrected chi connectivity index (χ0v) is 46.6. The second-order valence-electron chi connectivity index (χ2n) is 20.7. The number of rotatable bonds is 48. The van der Waals surface area contributed by atoms with Gasteiger partial charge in [0.2, 0.25) is 0 Å². The Kier molecular flexibility index (Phi) is 40.3. The number of hydrogen-bond acceptors (Lipinski definition) is 20. The Morgan fingerprint density at radius 1 is 0.453 bits per heavy atom. The molecule has 0 aromatic carbocycles. The quantitative estimate of drug-likeness (QED) is 0.0184. The number of unbranched alkanes of at least 4 members (excludes halogenated alkanes) is 28. The number of phosphoric ester groups is 1. The first-order valence-corrected chi connectivity index (χ1v) is 30.5. The van der Waals surface area contributed by atoms with E-state index in [1.54, 1.807) is 0 Å². The third-order valence-electron chi connectivity index (χ3n) is 14.0. The fourth-order valence-corrected chi connectivity index (χ4v) is 10.1. The molecule has 2 rings (SSSR count). The van der Waals surface area contributed by atoms with Gasteiger partial charge in [-0.1, -0.05) is 194 Å². The van der Waals surface area contributed by atoms with Crippen molar-refractivity contribution in [3.8, 4) is 0 Å². The summed E-state index contributed by atoms with van der Waals surface area (Å²) in [6, 6.07) is 0. The predicted octanol–water partition coefficient (Wildman–Crippen LogP) is 6.47. The second kappa shape index (κ2) is 43.4. The van der Waals surface area contributed by atoms with E-state index in [9.17, 15) is 59.9 Å². The van der Waals surface area contributed by atoms with Crippen LogP contribution in [0.5, 0.6) is 0 Å². The van der Waals surface area contributed by atoms with E-state index in [1.807, 2.05) is 0 Å². The SMILES string of the molecule is CCCCCCCCCCCCCCCCCC(=O)OCC(COP(=O)([O-])OC(COC1OC(CO)C(O)C(O)C1O)COC1OC(CO)C(O)C(O)C1O)OC(=O)CCCCCCCCCCCCCCCCC. The average Bonchev–Trinajstić information content (AvgIpc) is 3.39. The van der Waals surface area contributed by atoms with Crippen LogP contribution in [0.15, 0.2) is 0 Å². The smallest absolute Gasteiger partial charge is 0.306 e. The third kappa shape index (κ3) is 31.8. The monoisotopic (exact) mass is 1100 g/mol. The molecule has 2 aliphatic rings. The molecule has 0 spiro atoms. The maximum atomic E-state index is 13.4. The van der Waals surface area contributed by atoms with E-state index in [-0.39, 0.29) is 12.8 Å². The average molecular weight is 1100 g/mol. The zero-order chi connectivity index (χ0) is 55.1. The van der Waals surface area contributed by atoms with E-state index in [0.717, 1.165) is 51.4 Å². The number of hydrogen-bond donors (Lipinski definition) is 8. The van der Waals surface area contributed by atoms with E-state index < -0.39 is 133 Å². The lowest BCUT2D eigenvalue weighted by Gasteiger charge is -2.41. The van der Waals surface area contributed by atoms with Crippen molar-refractivity contribution in [1.29, 1.82) is 0 Å². The van der Waals surface area contributed by atoms with Crippen LogP contribution in [0.1, 0.15) is 219 Å². The summed E-state index contributed by atoms with van der Waals surface area (Å²) >= 11 is 0. The highest BCUT2D eigenvalue weighted by molar-refractivity contribution is 7.45. The van der Waals surface area contributed by atoms with Gasteiger partial charge in [-0.15, -0.1) is 0 Å². The Balaban J connectivity index is 1.97. The summed E-state index contributed by atoms with van der Waals surface area (Å²) < 4.78 is 56.6. The topological polar surface area (TPSA) is 310 Å². The van der Waals surface area contributed by atoms with Crippen LogP contribution in [0.3, 0.4) is 0 Å². The Morgan fingerprint density at radius 2 is 0.787 bits per heavy atom. The summed E-state index contributed by atoms with van der Waals surface area (Å²) in [6.07, 6.45) is 14.8. The van der Waals surface area contributed by atoms with Crippen molar-refractivity contribution < 1.29 is 97.4 Å². The molecule has 0 radical (unpaired) electrons. The van der Waals surface area contributed by atoms with Crippen molar-refractivity contribution in [3.63, 3.8) is 0 Å². The zero-order valence-electron chi connectivity index (χ0n) is 45.7. The van der Waals surface area contributed by atoms with Crippen LogP contribution < -0.4 is 4.89 Å². The van der Waals surface area contributed by atoms with Crippen LogP contribution in [0.4, 0.5) is 0 Å². The number of esters is 2. The Bertz CT molecular complexity index is 1410. The van der Waals surface area contributed by atoms with Crippen molar-refractivity contribution in [1.82, 2.24) is 0 Å². The highest BCUT2D eigenvalue weighted by Crippen LogP contribution is 2.41. The molecule has 2 saturated heterocycles. The maximum absolute atomic E-state index is 13.4. The van der Waals surface area contributed by atoms with E-state index in [4.69, 9.17) is 37.5 Å². The van der Waals surface area contributed by atoms with Gasteiger partial charge in [0.1, 0.15) is 61.5 Å². The largest absolute Gasteiger partial charge is 0.756 e. The molecule has 444 valence electrons. The molecule has 21 heteroatoms. The molecule has 0 aromatic heterocycles. The summed E-state index contributed by atoms with van der Waals surface area (Å²) in [4.78, 5) is 39.3. The third-order valence-corrected chi connectivity index (χ3v) is 15.0. The van der Waals surface area contributed by atoms with Gasteiger partial charge < -0.3 is 83.2 Å². The minimum absolute atomic E-state index is 0.0417. The highest BCUT2D eigenvalue weighted by atomic mass is 31.2. The van der Waals surface area contributed by atoms with Crippen LogP contribution >= 0.6 is 7.82 Å². The Morgan fingerprint density at radius 3 is 1.13 bits per heavy atom. The molecule has 12 unspecified atom stereocenters. The molecule has 2 heterocycles. The normalized spacial score (nSPS) is 25.7. The maximum Gasteiger partial charge on any atom is 0.306 e. The molecule has 0 amide bonds. The summed E-state index contributed by atoms with van der Waals surface area (Å²) in [5.41, 5.74) is 0. The Labute approximate surface area is 448 Å². The lowest BCUT2D eigenvalue weighted by atomic mass is 9.99. The van der Waals surface area contributed by atoms with E-state index >= 15 is 0 Å². The number of carbonyl (C=O) groups excluding carboxylic acids is 2. The van der Waals surface area contributed by atoms with Crippen LogP contribution in [0.2, 0.25) is 0 Å². The van der Waals surface area contributed by atoms with Crippen molar-refractivity contribution >= 4 is 19.8 Å². The van der Waals surface area contributed by atoms with Crippen LogP contribution in [-0.2, 0) is 51.6 Å². The second-order valence-corrected chi connectivity index (χ2v) is 22.1. The number of aliphatic hydroxyl groups excluding tert-OH is 8. The van der Waals surface area contributed by atoms with Gasteiger partial charge in [0.15, 0.2) is 18.7 Å². The predicted molar refractivity (Wildman–Crippen MR) is 278 cm³/mol. The van der Waals surface area contributed by atoms with Crippen molar-refractivity contribution in [2.24, 2.45) is 0 Å². The van der Waals surface area contributed by atoms with E-state index in [0.29, 0.717) is 12.8 Å². The fraction of sp³-hybridized carbons (Fsp3) is 0.963. The molecule has 0 aromatic rings. The molecule has 75 heavy (non-hydrogen) atoms. The first kappa shape index (κ1) is 69.7. The molecule has 20 nitrogen and oxygen atoms in total. The van der Waals surface area contributed by atoms with Gasteiger partial charge in [0, 0.05) is 12.8 Å². The van der Waals surface area contributed by atoms with Crippen molar-refractivity contribution in [3.05, 3.63) is 0 Å². The molecular formula is C54H102O20P-. The molecule has 2 aliphatic heterocycles. The number of phosphoric acid groups is 1. The summed E-state index contributed by atoms with van der Waals surface area (Å²) in [5.74, 6) is -1.19. The van der Waals surface area contributed by atoms with E-state index in [2.05, 4.69) is 13.8 Å². The summed E-state index contributed by atoms with van der Waals surface area (Å²) in [7, 11) is -5.45. The molecule has 0 aliphatic carbocycles. The minimum atomic E-state index is -5.45. The lowest BCUT2D eigenvalue weighted by Crippen LogP contribution is -2.60. The van der Waals surface area contributed by atoms with Gasteiger partial charge in [-0.2, -0.15) is 0 Å². The highest BCUT2D eigenvalue weighted by Gasteiger charge is 2.46. The molecule has 0 saturated carbocycles. The van der Waals surface area contributed by atoms with Crippen LogP contribution in [0.25, 0.3) is 0 Å².